The summed E-state index contributed by atoms with van der Waals surface area (Å²) >= 11 is 0. The molecule has 0 heterocycles. The van der Waals surface area contributed by atoms with Gasteiger partial charge in [0.2, 0.25) is 0 Å². The number of rotatable bonds is 6. The smallest absolute Gasteiger partial charge is 0.161 e. The van der Waals surface area contributed by atoms with Crippen molar-refractivity contribution in [2.75, 3.05) is 13.2 Å². The van der Waals surface area contributed by atoms with Gasteiger partial charge in [-0.25, -0.2) is 0 Å². The van der Waals surface area contributed by atoms with Crippen molar-refractivity contribution in [2.24, 2.45) is 11.7 Å². The molecule has 0 aromatic heterocycles. The summed E-state index contributed by atoms with van der Waals surface area (Å²) in [5.74, 6) is -0.0892. The van der Waals surface area contributed by atoms with Crippen molar-refractivity contribution in [1.29, 1.82) is 0 Å². The van der Waals surface area contributed by atoms with Crippen LogP contribution >= 0.6 is 0 Å². The first kappa shape index (κ1) is 12.6. The lowest BCUT2D eigenvalue weighted by atomic mass is 9.88. The average Bonchev–Trinajstić information content (AvgIpc) is 2.02. The van der Waals surface area contributed by atoms with Crippen molar-refractivity contribution in [3.8, 4) is 0 Å². The van der Waals surface area contributed by atoms with Gasteiger partial charge in [-0.2, -0.15) is 0 Å². The number of ketones is 1. The van der Waals surface area contributed by atoms with Gasteiger partial charge < -0.3 is 15.9 Å². The van der Waals surface area contributed by atoms with Gasteiger partial charge in [0, 0.05) is 13.0 Å². The fraction of sp³-hybridized carbons (Fsp3) is 0.889. The molecule has 0 amide bonds. The van der Waals surface area contributed by atoms with Crippen LogP contribution in [0.3, 0.4) is 0 Å². The molecule has 4 nitrogen and oxygen atoms in total. The number of aliphatic hydroxyl groups is 2. The minimum atomic E-state index is -1.14. The highest BCUT2D eigenvalue weighted by Crippen LogP contribution is 2.19. The Bertz CT molecular complexity index is 170. The first-order valence-electron chi connectivity index (χ1n) is 4.48. The van der Waals surface area contributed by atoms with E-state index >= 15 is 0 Å². The van der Waals surface area contributed by atoms with Crippen molar-refractivity contribution in [2.45, 2.75) is 32.3 Å². The van der Waals surface area contributed by atoms with Gasteiger partial charge in [-0.05, 0) is 12.3 Å². The molecule has 0 spiro atoms. The van der Waals surface area contributed by atoms with Crippen molar-refractivity contribution < 1.29 is 15.0 Å². The molecule has 0 aromatic carbocycles. The molecule has 0 saturated heterocycles. The van der Waals surface area contributed by atoms with Crippen LogP contribution in [0.1, 0.15) is 26.7 Å². The lowest BCUT2D eigenvalue weighted by Crippen LogP contribution is -2.41. The Hall–Kier alpha value is -0.450. The van der Waals surface area contributed by atoms with Gasteiger partial charge in [-0.1, -0.05) is 13.8 Å². The summed E-state index contributed by atoms with van der Waals surface area (Å²) in [6.07, 6.45) is 0.424. The largest absolute Gasteiger partial charge is 0.389 e. The van der Waals surface area contributed by atoms with Gasteiger partial charge in [-0.3, -0.25) is 4.79 Å². The van der Waals surface area contributed by atoms with Crippen LogP contribution in [0, 0.1) is 5.92 Å². The third-order valence-corrected chi connectivity index (χ3v) is 1.87. The molecule has 0 aliphatic carbocycles. The number of nitrogens with two attached hydrogens (primary N) is 1. The number of aliphatic hydroxyl groups excluding tert-OH is 1. The number of hydrogen-bond donors (Lipinski definition) is 3. The van der Waals surface area contributed by atoms with Crippen LogP contribution < -0.4 is 5.73 Å². The van der Waals surface area contributed by atoms with Gasteiger partial charge in [0.15, 0.2) is 5.78 Å². The monoisotopic (exact) mass is 189 g/mol. The molecule has 4 heteroatoms. The number of hydrogen-bond acceptors (Lipinski definition) is 4. The fourth-order valence-corrected chi connectivity index (χ4v) is 1.41. The SMILES string of the molecule is CC(C)CC(O)(CN)CC(=O)CO. The lowest BCUT2D eigenvalue weighted by Gasteiger charge is -2.27. The predicted octanol–water partition coefficient (Wildman–Crippen LogP) is -0.326. The van der Waals surface area contributed by atoms with E-state index in [1.165, 1.54) is 0 Å². The molecule has 1 unspecified atom stereocenters. The van der Waals surface area contributed by atoms with E-state index in [1.54, 1.807) is 0 Å². The first-order valence-corrected chi connectivity index (χ1v) is 4.48. The quantitative estimate of drug-likeness (QED) is 0.534. The van der Waals surface area contributed by atoms with E-state index in [1.807, 2.05) is 13.8 Å². The minimum absolute atomic E-state index is 0.0525. The number of carbonyl (C=O) groups is 1. The molecular formula is C9H19NO3. The molecule has 0 aliphatic heterocycles. The summed E-state index contributed by atoms with van der Waals surface area (Å²) in [6, 6.07) is 0. The summed E-state index contributed by atoms with van der Waals surface area (Å²) in [4.78, 5) is 10.9. The Morgan fingerprint density at radius 3 is 2.38 bits per heavy atom. The zero-order chi connectivity index (χ0) is 10.5. The second-order valence-corrected chi connectivity index (χ2v) is 3.90. The Kier molecular flexibility index (Phi) is 5.13. The summed E-state index contributed by atoms with van der Waals surface area (Å²) in [7, 11) is 0. The van der Waals surface area contributed by atoms with E-state index in [-0.39, 0.29) is 24.7 Å². The van der Waals surface area contributed by atoms with Crippen LogP contribution in [0.5, 0.6) is 0 Å². The summed E-state index contributed by atoms with van der Waals surface area (Å²) in [5, 5.41) is 18.4. The van der Waals surface area contributed by atoms with Gasteiger partial charge in [0.05, 0.1) is 5.60 Å². The van der Waals surface area contributed by atoms with E-state index in [0.29, 0.717) is 6.42 Å². The molecule has 0 aromatic rings. The van der Waals surface area contributed by atoms with Gasteiger partial charge in [0.1, 0.15) is 6.61 Å². The van der Waals surface area contributed by atoms with Crippen LogP contribution in [0.2, 0.25) is 0 Å². The number of Topliss-reactive ketones (excluding diaryl/α,β-unsaturated/α-hetero) is 1. The Morgan fingerprint density at radius 1 is 1.54 bits per heavy atom. The second-order valence-electron chi connectivity index (χ2n) is 3.90. The second kappa shape index (κ2) is 5.32. The Balaban J connectivity index is 4.18. The van der Waals surface area contributed by atoms with Crippen molar-refractivity contribution in [3.63, 3.8) is 0 Å². The molecule has 1 atom stereocenters. The van der Waals surface area contributed by atoms with Crippen molar-refractivity contribution >= 4 is 5.78 Å². The zero-order valence-electron chi connectivity index (χ0n) is 8.29. The summed E-state index contributed by atoms with van der Waals surface area (Å²) in [5.41, 5.74) is 4.23. The summed E-state index contributed by atoms with van der Waals surface area (Å²) < 4.78 is 0. The van der Waals surface area contributed by atoms with E-state index in [0.717, 1.165) is 0 Å². The molecule has 0 fully saturated rings. The van der Waals surface area contributed by atoms with Crippen LogP contribution in [-0.2, 0) is 4.79 Å². The zero-order valence-corrected chi connectivity index (χ0v) is 8.29. The molecular weight excluding hydrogens is 170 g/mol. The Morgan fingerprint density at radius 2 is 2.08 bits per heavy atom. The molecule has 4 N–H and O–H groups in total. The van der Waals surface area contributed by atoms with Gasteiger partial charge >= 0.3 is 0 Å². The Labute approximate surface area is 78.7 Å². The van der Waals surface area contributed by atoms with Crippen LogP contribution in [0.15, 0.2) is 0 Å². The standard InChI is InChI=1S/C9H19NO3/c1-7(2)3-9(13,6-10)4-8(12)5-11/h7,11,13H,3-6,10H2,1-2H3. The van der Waals surface area contributed by atoms with Crippen molar-refractivity contribution in [1.82, 2.24) is 0 Å². The maximum absolute atomic E-state index is 10.9. The summed E-state index contributed by atoms with van der Waals surface area (Å²) in [6.45, 7) is 3.42. The highest BCUT2D eigenvalue weighted by atomic mass is 16.3. The molecule has 0 aliphatic rings. The van der Waals surface area contributed by atoms with E-state index in [4.69, 9.17) is 10.8 Å². The maximum Gasteiger partial charge on any atom is 0.161 e. The third kappa shape index (κ3) is 4.98. The number of carbonyl (C=O) groups excluding carboxylic acids is 1. The van der Waals surface area contributed by atoms with E-state index in [9.17, 15) is 9.90 Å². The maximum atomic E-state index is 10.9. The van der Waals surface area contributed by atoms with E-state index in [2.05, 4.69) is 0 Å². The highest BCUT2D eigenvalue weighted by Gasteiger charge is 2.28. The fourth-order valence-electron chi connectivity index (χ4n) is 1.41. The average molecular weight is 189 g/mol. The minimum Gasteiger partial charge on any atom is -0.389 e. The van der Waals surface area contributed by atoms with Crippen LogP contribution in [-0.4, -0.2) is 34.7 Å². The molecule has 0 radical (unpaired) electrons. The molecule has 0 rings (SSSR count). The van der Waals surface area contributed by atoms with Crippen molar-refractivity contribution in [3.05, 3.63) is 0 Å². The normalized spacial score (nSPS) is 15.8. The molecule has 13 heavy (non-hydrogen) atoms. The lowest BCUT2D eigenvalue weighted by molar-refractivity contribution is -0.127. The topological polar surface area (TPSA) is 83.5 Å². The molecule has 78 valence electrons. The highest BCUT2D eigenvalue weighted by molar-refractivity contribution is 5.80. The third-order valence-electron chi connectivity index (χ3n) is 1.87. The van der Waals surface area contributed by atoms with Crippen LogP contribution in [0.25, 0.3) is 0 Å². The molecule has 0 bridgehead atoms. The van der Waals surface area contributed by atoms with E-state index < -0.39 is 12.2 Å². The molecule has 0 saturated carbocycles. The van der Waals surface area contributed by atoms with Gasteiger partial charge in [0.25, 0.3) is 0 Å². The van der Waals surface area contributed by atoms with Crippen LogP contribution in [0.4, 0.5) is 0 Å². The van der Waals surface area contributed by atoms with Gasteiger partial charge in [-0.15, -0.1) is 0 Å². The predicted molar refractivity (Wildman–Crippen MR) is 50.2 cm³/mol. The first-order chi connectivity index (χ1) is 5.93.